The van der Waals surface area contributed by atoms with Crippen LogP contribution in [0.25, 0.3) is 5.82 Å². The second-order valence-electron chi connectivity index (χ2n) is 5.74. The van der Waals surface area contributed by atoms with E-state index >= 15 is 0 Å². The molecule has 2 aromatic heterocycles. The summed E-state index contributed by atoms with van der Waals surface area (Å²) >= 11 is 0. The number of carbonyl (C=O) groups excluding carboxylic acids is 1. The van der Waals surface area contributed by atoms with E-state index in [0.29, 0.717) is 30.3 Å². The van der Waals surface area contributed by atoms with Crippen LogP contribution in [0.2, 0.25) is 0 Å². The number of rotatable bonds is 7. The molecule has 3 rings (SSSR count). The van der Waals surface area contributed by atoms with Crippen LogP contribution in [0.1, 0.15) is 16.2 Å². The van der Waals surface area contributed by atoms with Gasteiger partial charge in [-0.05, 0) is 31.2 Å². The fraction of sp³-hybridized carbons (Fsp3) is 0.167. The topological polar surface area (TPSA) is 115 Å². The number of hydrogen-bond donors (Lipinski definition) is 2. The summed E-state index contributed by atoms with van der Waals surface area (Å²) < 4.78 is 1.89. The highest BCUT2D eigenvalue weighted by Gasteiger charge is 2.09. The van der Waals surface area contributed by atoms with E-state index in [4.69, 9.17) is 0 Å². The molecule has 0 atom stereocenters. The molecule has 1 aromatic carbocycles. The Bertz CT molecular complexity index is 938. The third-order valence-electron chi connectivity index (χ3n) is 3.75. The van der Waals surface area contributed by atoms with Gasteiger partial charge in [0.15, 0.2) is 0 Å². The van der Waals surface area contributed by atoms with Gasteiger partial charge in [-0.25, -0.2) is 9.97 Å². The molecule has 3 aromatic rings. The van der Waals surface area contributed by atoms with Gasteiger partial charge in [0.05, 0.1) is 4.92 Å². The van der Waals surface area contributed by atoms with Crippen molar-refractivity contribution in [2.45, 2.75) is 6.92 Å². The van der Waals surface area contributed by atoms with Crippen molar-refractivity contribution in [3.63, 3.8) is 0 Å². The summed E-state index contributed by atoms with van der Waals surface area (Å²) in [4.78, 5) is 30.9. The quantitative estimate of drug-likeness (QED) is 0.377. The number of hydrogen-bond acceptors (Lipinski definition) is 6. The smallest absolute Gasteiger partial charge is 0.269 e. The Morgan fingerprint density at radius 3 is 2.52 bits per heavy atom. The predicted molar refractivity (Wildman–Crippen MR) is 100 cm³/mol. The molecule has 0 unspecified atom stereocenters. The molecule has 0 radical (unpaired) electrons. The van der Waals surface area contributed by atoms with Crippen LogP contribution in [0.15, 0.2) is 54.9 Å². The molecular weight excluding hydrogens is 348 g/mol. The van der Waals surface area contributed by atoms with Crippen molar-refractivity contribution in [2.24, 2.45) is 0 Å². The van der Waals surface area contributed by atoms with Crippen LogP contribution < -0.4 is 10.6 Å². The zero-order chi connectivity index (χ0) is 19.2. The van der Waals surface area contributed by atoms with Gasteiger partial charge in [-0.2, -0.15) is 0 Å². The molecular formula is C18H18N6O3. The van der Waals surface area contributed by atoms with Crippen LogP contribution in [0, 0.1) is 17.0 Å². The van der Waals surface area contributed by atoms with E-state index in [2.05, 4.69) is 20.6 Å². The van der Waals surface area contributed by atoms with E-state index in [0.717, 1.165) is 5.82 Å². The predicted octanol–water partition coefficient (Wildman–Crippen LogP) is 2.33. The third kappa shape index (κ3) is 4.66. The van der Waals surface area contributed by atoms with Crippen LogP contribution in [-0.2, 0) is 0 Å². The van der Waals surface area contributed by atoms with Crippen molar-refractivity contribution in [2.75, 3.05) is 18.4 Å². The van der Waals surface area contributed by atoms with Gasteiger partial charge in [-0.3, -0.25) is 14.9 Å². The number of non-ortho nitro benzene ring substituents is 1. The molecule has 0 aliphatic heterocycles. The number of nitro groups is 1. The molecule has 0 spiro atoms. The average molecular weight is 366 g/mol. The number of benzene rings is 1. The molecule has 0 fully saturated rings. The Morgan fingerprint density at radius 2 is 1.85 bits per heavy atom. The van der Waals surface area contributed by atoms with Crippen LogP contribution in [0.5, 0.6) is 0 Å². The number of aryl methyl sites for hydroxylation is 1. The molecule has 0 aliphatic rings. The van der Waals surface area contributed by atoms with Gasteiger partial charge in [-0.1, -0.05) is 0 Å². The first-order chi connectivity index (χ1) is 13.0. The molecule has 2 heterocycles. The SMILES string of the molecule is Cc1nc(NCCNC(=O)c2ccc([N+](=O)[O-])cc2)cc(-n2cccc2)n1. The Morgan fingerprint density at radius 1 is 1.15 bits per heavy atom. The van der Waals surface area contributed by atoms with E-state index in [-0.39, 0.29) is 11.6 Å². The van der Waals surface area contributed by atoms with E-state index in [9.17, 15) is 14.9 Å². The first-order valence-corrected chi connectivity index (χ1v) is 8.28. The highest BCUT2D eigenvalue weighted by atomic mass is 16.6. The van der Waals surface area contributed by atoms with Crippen molar-refractivity contribution >= 4 is 17.4 Å². The summed E-state index contributed by atoms with van der Waals surface area (Å²) in [6.07, 6.45) is 3.80. The lowest BCUT2D eigenvalue weighted by Crippen LogP contribution is -2.28. The standard InChI is InChI=1S/C18H18N6O3/c1-13-21-16(12-17(22-13)23-10-2-3-11-23)19-8-9-20-18(25)14-4-6-15(7-5-14)24(26)27/h2-7,10-12H,8-9H2,1H3,(H,20,25)(H,19,21,22). The molecule has 27 heavy (non-hydrogen) atoms. The summed E-state index contributed by atoms with van der Waals surface area (Å²) in [6.45, 7) is 2.66. The van der Waals surface area contributed by atoms with Crippen molar-refractivity contribution in [3.05, 3.63) is 76.4 Å². The Labute approximate surface area is 155 Å². The number of anilines is 1. The van der Waals surface area contributed by atoms with E-state index < -0.39 is 4.92 Å². The summed E-state index contributed by atoms with van der Waals surface area (Å²) in [5.74, 6) is 1.76. The molecule has 0 aliphatic carbocycles. The van der Waals surface area contributed by atoms with E-state index in [1.54, 1.807) is 0 Å². The maximum absolute atomic E-state index is 12.1. The van der Waals surface area contributed by atoms with Crippen molar-refractivity contribution in [1.82, 2.24) is 19.9 Å². The lowest BCUT2D eigenvalue weighted by atomic mass is 10.2. The first-order valence-electron chi connectivity index (χ1n) is 8.28. The number of nitrogens with zero attached hydrogens (tertiary/aromatic N) is 4. The molecule has 0 saturated heterocycles. The van der Waals surface area contributed by atoms with Crippen molar-refractivity contribution in [1.29, 1.82) is 0 Å². The molecule has 2 N–H and O–H groups in total. The van der Waals surface area contributed by atoms with Crippen LogP contribution in [-0.4, -0.2) is 38.5 Å². The monoisotopic (exact) mass is 366 g/mol. The largest absolute Gasteiger partial charge is 0.368 e. The molecule has 1 amide bonds. The maximum atomic E-state index is 12.1. The van der Waals surface area contributed by atoms with Crippen LogP contribution in [0.4, 0.5) is 11.5 Å². The van der Waals surface area contributed by atoms with Gasteiger partial charge in [0.2, 0.25) is 0 Å². The zero-order valence-corrected chi connectivity index (χ0v) is 14.6. The van der Waals surface area contributed by atoms with Gasteiger partial charge >= 0.3 is 0 Å². The molecule has 9 heteroatoms. The van der Waals surface area contributed by atoms with Gasteiger partial charge in [0.1, 0.15) is 17.5 Å². The average Bonchev–Trinajstić information content (AvgIpc) is 3.19. The summed E-state index contributed by atoms with van der Waals surface area (Å²) in [6, 6.07) is 11.1. The Kier molecular flexibility index (Phi) is 5.41. The summed E-state index contributed by atoms with van der Waals surface area (Å²) in [5, 5.41) is 16.5. The van der Waals surface area contributed by atoms with Crippen LogP contribution in [0.3, 0.4) is 0 Å². The highest BCUT2D eigenvalue weighted by Crippen LogP contribution is 2.12. The Balaban J connectivity index is 1.53. The number of aromatic nitrogens is 3. The minimum absolute atomic E-state index is 0.0501. The fourth-order valence-corrected chi connectivity index (χ4v) is 2.47. The van der Waals surface area contributed by atoms with Gasteiger partial charge < -0.3 is 15.2 Å². The minimum Gasteiger partial charge on any atom is -0.368 e. The fourth-order valence-electron chi connectivity index (χ4n) is 2.47. The summed E-state index contributed by atoms with van der Waals surface area (Å²) in [5.41, 5.74) is 0.319. The maximum Gasteiger partial charge on any atom is 0.269 e. The second-order valence-corrected chi connectivity index (χ2v) is 5.74. The highest BCUT2D eigenvalue weighted by molar-refractivity contribution is 5.94. The molecule has 138 valence electrons. The van der Waals surface area contributed by atoms with Crippen LogP contribution >= 0.6 is 0 Å². The number of nitrogens with one attached hydrogen (secondary N) is 2. The summed E-state index contributed by atoms with van der Waals surface area (Å²) in [7, 11) is 0. The minimum atomic E-state index is -0.503. The molecule has 9 nitrogen and oxygen atoms in total. The lowest BCUT2D eigenvalue weighted by molar-refractivity contribution is -0.384. The number of nitro benzene ring substituents is 1. The van der Waals surface area contributed by atoms with E-state index in [1.165, 1.54) is 24.3 Å². The van der Waals surface area contributed by atoms with Crippen molar-refractivity contribution in [3.8, 4) is 5.82 Å². The first kappa shape index (κ1) is 18.1. The Hall–Kier alpha value is -3.75. The lowest BCUT2D eigenvalue weighted by Gasteiger charge is -2.10. The zero-order valence-electron chi connectivity index (χ0n) is 14.6. The number of carbonyl (C=O) groups is 1. The molecule has 0 bridgehead atoms. The van der Waals surface area contributed by atoms with Gasteiger partial charge in [0, 0.05) is 49.2 Å². The molecule has 0 saturated carbocycles. The normalized spacial score (nSPS) is 10.4. The van der Waals surface area contributed by atoms with Gasteiger partial charge in [-0.15, -0.1) is 0 Å². The number of amides is 1. The van der Waals surface area contributed by atoms with Gasteiger partial charge in [0.25, 0.3) is 11.6 Å². The third-order valence-corrected chi connectivity index (χ3v) is 3.75. The van der Waals surface area contributed by atoms with E-state index in [1.807, 2.05) is 42.1 Å². The van der Waals surface area contributed by atoms with Crippen molar-refractivity contribution < 1.29 is 9.72 Å². The second kappa shape index (κ2) is 8.09.